The predicted molar refractivity (Wildman–Crippen MR) is 145 cm³/mol. The fourth-order valence-corrected chi connectivity index (χ4v) is 5.21. The number of aliphatic hydroxyl groups excluding tert-OH is 1. The number of aromatic nitrogens is 2. The van der Waals surface area contributed by atoms with Gasteiger partial charge >= 0.3 is 6.18 Å². The molecule has 2 N–H and O–H groups in total. The topological polar surface area (TPSA) is 70.4 Å². The van der Waals surface area contributed by atoms with Crippen molar-refractivity contribution in [2.24, 2.45) is 11.3 Å². The van der Waals surface area contributed by atoms with Crippen molar-refractivity contribution >= 4 is 5.91 Å². The number of rotatable bonds is 10. The summed E-state index contributed by atoms with van der Waals surface area (Å²) in [6.07, 6.45) is -2.43. The zero-order valence-corrected chi connectivity index (χ0v) is 22.8. The Labute approximate surface area is 227 Å². The molecule has 4 rings (SSSR count). The first-order valence-corrected chi connectivity index (χ1v) is 13.4. The van der Waals surface area contributed by atoms with Crippen molar-refractivity contribution in [3.8, 4) is 5.69 Å². The molecule has 1 fully saturated rings. The van der Waals surface area contributed by atoms with Crippen molar-refractivity contribution in [2.45, 2.75) is 46.2 Å². The molecule has 0 aliphatic carbocycles. The first-order chi connectivity index (χ1) is 18.5. The normalized spacial score (nSPS) is 18.2. The third kappa shape index (κ3) is 7.08. The lowest BCUT2D eigenvalue weighted by Gasteiger charge is -2.27. The molecule has 0 saturated carbocycles. The molecule has 1 aliphatic heterocycles. The van der Waals surface area contributed by atoms with Gasteiger partial charge in [0, 0.05) is 30.7 Å². The van der Waals surface area contributed by atoms with Crippen LogP contribution in [0.25, 0.3) is 5.69 Å². The molecule has 1 unspecified atom stereocenters. The molecule has 1 atom stereocenters. The van der Waals surface area contributed by atoms with Crippen LogP contribution in [-0.2, 0) is 19.0 Å². The van der Waals surface area contributed by atoms with Crippen molar-refractivity contribution in [2.75, 3.05) is 32.8 Å². The molecular weight excluding hydrogens is 505 g/mol. The van der Waals surface area contributed by atoms with Crippen LogP contribution in [0.1, 0.15) is 53.1 Å². The molecule has 0 bridgehead atoms. The van der Waals surface area contributed by atoms with Crippen molar-refractivity contribution in [3.05, 3.63) is 82.7 Å². The van der Waals surface area contributed by atoms with Crippen LogP contribution in [0.15, 0.2) is 54.6 Å². The van der Waals surface area contributed by atoms with E-state index in [1.165, 1.54) is 19.1 Å². The van der Waals surface area contributed by atoms with Crippen LogP contribution in [-0.4, -0.2) is 58.5 Å². The molecule has 1 aliphatic rings. The van der Waals surface area contributed by atoms with E-state index in [1.54, 1.807) is 6.07 Å². The van der Waals surface area contributed by atoms with E-state index >= 15 is 0 Å². The molecule has 2 heterocycles. The van der Waals surface area contributed by atoms with Crippen molar-refractivity contribution in [1.82, 2.24) is 20.0 Å². The fraction of sp³-hybridized carbons (Fsp3) is 0.467. The second kappa shape index (κ2) is 11.9. The van der Waals surface area contributed by atoms with Crippen LogP contribution >= 0.6 is 0 Å². The molecule has 0 spiro atoms. The molecule has 0 radical (unpaired) electrons. The second-order valence-corrected chi connectivity index (χ2v) is 11.1. The quantitative estimate of drug-likeness (QED) is 0.376. The van der Waals surface area contributed by atoms with E-state index in [0.717, 1.165) is 17.8 Å². The number of nitrogens with one attached hydrogen (secondary N) is 1. The zero-order chi connectivity index (χ0) is 28.2. The van der Waals surface area contributed by atoms with E-state index in [0.29, 0.717) is 56.2 Å². The maximum atomic E-state index is 13.3. The first-order valence-electron chi connectivity index (χ1n) is 13.4. The van der Waals surface area contributed by atoms with Gasteiger partial charge in [0.15, 0.2) is 5.69 Å². The maximum absolute atomic E-state index is 13.3. The number of aliphatic hydroxyl groups is 1. The van der Waals surface area contributed by atoms with Gasteiger partial charge in [-0.3, -0.25) is 4.79 Å². The summed E-state index contributed by atoms with van der Waals surface area (Å²) >= 11 is 0. The summed E-state index contributed by atoms with van der Waals surface area (Å²) < 4.78 is 41.6. The second-order valence-electron chi connectivity index (χ2n) is 11.1. The summed E-state index contributed by atoms with van der Waals surface area (Å²) in [4.78, 5) is 15.2. The van der Waals surface area contributed by atoms with Gasteiger partial charge in [-0.25, -0.2) is 4.68 Å². The van der Waals surface area contributed by atoms with E-state index in [1.807, 2.05) is 41.1 Å². The van der Waals surface area contributed by atoms with Crippen molar-refractivity contribution in [3.63, 3.8) is 0 Å². The number of benzene rings is 2. The monoisotopic (exact) mass is 542 g/mol. The summed E-state index contributed by atoms with van der Waals surface area (Å²) in [6.45, 7) is 7.74. The Morgan fingerprint density at radius 3 is 2.56 bits per heavy atom. The number of carbonyl (C=O) groups excluding carboxylic acids is 1. The standard InChI is InChI=1S/C30H37F3N4O2/c1-21(2)15-25-17-27(35-37(25)24-7-5-4-6-8-24)28(39)34-18-29(20-38)12-14-36(19-29)13-11-23-10-9-22(3)26(16-23)30(31,32)33/h4-10,16-17,21,38H,11-15,18-20H2,1-3H3,(H,34,39). The highest BCUT2D eigenvalue weighted by Gasteiger charge is 2.38. The lowest BCUT2D eigenvalue weighted by molar-refractivity contribution is -0.138. The number of likely N-dealkylation sites (tertiary alicyclic amines) is 1. The number of hydrogen-bond acceptors (Lipinski definition) is 4. The third-order valence-corrected chi connectivity index (χ3v) is 7.43. The Balaban J connectivity index is 1.38. The Hall–Kier alpha value is -3.17. The van der Waals surface area contributed by atoms with Crippen LogP contribution in [0, 0.1) is 18.3 Å². The highest BCUT2D eigenvalue weighted by molar-refractivity contribution is 5.92. The minimum atomic E-state index is -4.37. The van der Waals surface area contributed by atoms with Gasteiger partial charge in [0.25, 0.3) is 5.91 Å². The number of nitrogens with zero attached hydrogens (tertiary/aromatic N) is 3. The number of para-hydroxylation sites is 1. The van der Waals surface area contributed by atoms with E-state index in [-0.39, 0.29) is 18.1 Å². The number of carbonyl (C=O) groups is 1. The Morgan fingerprint density at radius 2 is 1.90 bits per heavy atom. The van der Waals surface area contributed by atoms with Gasteiger partial charge in [-0.05, 0) is 74.0 Å². The largest absolute Gasteiger partial charge is 0.416 e. The van der Waals surface area contributed by atoms with E-state index in [4.69, 9.17) is 0 Å². The van der Waals surface area contributed by atoms with Gasteiger partial charge in [-0.1, -0.05) is 44.2 Å². The number of alkyl halides is 3. The molecule has 2 aromatic carbocycles. The van der Waals surface area contributed by atoms with Gasteiger partial charge in [0.05, 0.1) is 17.9 Å². The van der Waals surface area contributed by atoms with Crippen LogP contribution in [0.2, 0.25) is 0 Å². The van der Waals surface area contributed by atoms with E-state index < -0.39 is 17.2 Å². The van der Waals surface area contributed by atoms with Crippen LogP contribution in [0.4, 0.5) is 13.2 Å². The summed E-state index contributed by atoms with van der Waals surface area (Å²) in [5.41, 5.74) is 1.91. The SMILES string of the molecule is Cc1ccc(CCN2CCC(CO)(CNC(=O)c3cc(CC(C)C)n(-c4ccccc4)n3)C2)cc1C(F)(F)F. The predicted octanol–water partition coefficient (Wildman–Crippen LogP) is 5.05. The molecule has 1 aromatic heterocycles. The van der Waals surface area contributed by atoms with Crippen LogP contribution in [0.5, 0.6) is 0 Å². The molecular formula is C30H37F3N4O2. The smallest absolute Gasteiger partial charge is 0.396 e. The highest BCUT2D eigenvalue weighted by Crippen LogP contribution is 2.33. The molecule has 3 aromatic rings. The molecule has 6 nitrogen and oxygen atoms in total. The lowest BCUT2D eigenvalue weighted by Crippen LogP contribution is -2.42. The van der Waals surface area contributed by atoms with Crippen LogP contribution in [0.3, 0.4) is 0 Å². The van der Waals surface area contributed by atoms with Gasteiger partial charge in [-0.15, -0.1) is 0 Å². The van der Waals surface area contributed by atoms with E-state index in [2.05, 4.69) is 29.2 Å². The number of aryl methyl sites for hydroxylation is 1. The molecule has 9 heteroatoms. The molecule has 210 valence electrons. The van der Waals surface area contributed by atoms with Gasteiger partial charge in [-0.2, -0.15) is 18.3 Å². The fourth-order valence-electron chi connectivity index (χ4n) is 5.21. The van der Waals surface area contributed by atoms with Crippen LogP contribution < -0.4 is 5.32 Å². The number of amides is 1. The third-order valence-electron chi connectivity index (χ3n) is 7.43. The Bertz CT molecular complexity index is 1270. The summed E-state index contributed by atoms with van der Waals surface area (Å²) in [5, 5.41) is 17.8. The van der Waals surface area contributed by atoms with Gasteiger partial charge in [0.1, 0.15) is 0 Å². The molecule has 39 heavy (non-hydrogen) atoms. The molecule has 1 saturated heterocycles. The number of hydrogen-bond donors (Lipinski definition) is 2. The molecule has 1 amide bonds. The average Bonchev–Trinajstić information content (AvgIpc) is 3.51. The Morgan fingerprint density at radius 1 is 1.15 bits per heavy atom. The van der Waals surface area contributed by atoms with E-state index in [9.17, 15) is 23.1 Å². The average molecular weight is 543 g/mol. The summed E-state index contributed by atoms with van der Waals surface area (Å²) in [5.74, 6) is 0.0995. The van der Waals surface area contributed by atoms with Gasteiger partial charge < -0.3 is 15.3 Å². The maximum Gasteiger partial charge on any atom is 0.416 e. The minimum Gasteiger partial charge on any atom is -0.396 e. The van der Waals surface area contributed by atoms with Crippen molar-refractivity contribution < 1.29 is 23.1 Å². The number of halogens is 3. The van der Waals surface area contributed by atoms with Gasteiger partial charge in [0.2, 0.25) is 0 Å². The van der Waals surface area contributed by atoms with Crippen molar-refractivity contribution in [1.29, 1.82) is 0 Å². The highest BCUT2D eigenvalue weighted by atomic mass is 19.4. The zero-order valence-electron chi connectivity index (χ0n) is 22.8. The Kier molecular flexibility index (Phi) is 8.81. The minimum absolute atomic E-state index is 0.0937. The summed E-state index contributed by atoms with van der Waals surface area (Å²) in [6, 6.07) is 16.0. The first kappa shape index (κ1) is 28.8. The summed E-state index contributed by atoms with van der Waals surface area (Å²) in [7, 11) is 0. The lowest BCUT2D eigenvalue weighted by atomic mass is 9.88.